The second kappa shape index (κ2) is 6.66. The first kappa shape index (κ1) is 16.9. The Morgan fingerprint density at radius 1 is 1.16 bits per heavy atom. The number of amides is 1. The van der Waals surface area contributed by atoms with Gasteiger partial charge in [0.2, 0.25) is 15.9 Å². The molecule has 2 aliphatic rings. The van der Waals surface area contributed by atoms with Gasteiger partial charge in [0, 0.05) is 19.0 Å². The third-order valence-corrected chi connectivity index (χ3v) is 7.85. The minimum Gasteiger partial charge on any atom is -0.302 e. The molecule has 1 saturated heterocycles. The van der Waals surface area contributed by atoms with Crippen LogP contribution in [0.4, 0.5) is 5.13 Å². The minimum atomic E-state index is -3.43. The number of nitrogens with zero attached hydrogens (tertiary/aromatic N) is 2. The van der Waals surface area contributed by atoms with Crippen LogP contribution in [-0.2, 0) is 14.8 Å². The quantitative estimate of drug-likeness (QED) is 0.885. The number of anilines is 1. The topological polar surface area (TPSA) is 79.4 Å². The summed E-state index contributed by atoms with van der Waals surface area (Å²) < 4.78 is 27.7. The molecule has 1 aliphatic carbocycles. The Kier molecular flexibility index (Phi) is 4.51. The number of carbonyl (C=O) groups excluding carboxylic acids is 1. The lowest BCUT2D eigenvalue weighted by Gasteiger charge is -2.15. The third kappa shape index (κ3) is 3.30. The van der Waals surface area contributed by atoms with Gasteiger partial charge in [0.15, 0.2) is 5.13 Å². The van der Waals surface area contributed by atoms with Crippen LogP contribution in [0.5, 0.6) is 0 Å². The Morgan fingerprint density at radius 2 is 1.88 bits per heavy atom. The summed E-state index contributed by atoms with van der Waals surface area (Å²) >= 11 is 1.33. The van der Waals surface area contributed by atoms with Gasteiger partial charge in [-0.1, -0.05) is 24.2 Å². The first-order valence-corrected chi connectivity index (χ1v) is 11.0. The number of rotatable bonds is 4. The third-order valence-electron chi connectivity index (χ3n) is 5.02. The molecule has 2 heterocycles. The molecule has 4 rings (SSSR count). The first-order chi connectivity index (χ1) is 12.0. The zero-order valence-electron chi connectivity index (χ0n) is 13.9. The fourth-order valence-electron chi connectivity index (χ4n) is 3.59. The standard InChI is InChI=1S/C17H21N3O3S2/c21-16(12-5-1-2-6-12)19-17-18-14-8-7-13(11-15(14)24-17)25(22,23)20-9-3-4-10-20/h7-8,11-12H,1-6,9-10H2,(H,18,19,21). The highest BCUT2D eigenvalue weighted by atomic mass is 32.2. The van der Waals surface area contributed by atoms with Gasteiger partial charge in [-0.25, -0.2) is 13.4 Å². The van der Waals surface area contributed by atoms with E-state index in [0.717, 1.165) is 43.2 Å². The highest BCUT2D eigenvalue weighted by molar-refractivity contribution is 7.89. The molecular weight excluding hydrogens is 358 g/mol. The van der Waals surface area contributed by atoms with E-state index in [0.29, 0.717) is 28.6 Å². The number of sulfonamides is 1. The summed E-state index contributed by atoms with van der Waals surface area (Å²) in [5, 5.41) is 3.44. The summed E-state index contributed by atoms with van der Waals surface area (Å²) in [6.07, 6.45) is 5.92. The summed E-state index contributed by atoms with van der Waals surface area (Å²) in [4.78, 5) is 17.0. The maximum absolute atomic E-state index is 12.7. The van der Waals surface area contributed by atoms with Crippen molar-refractivity contribution in [1.82, 2.24) is 9.29 Å². The molecule has 1 N–H and O–H groups in total. The van der Waals surface area contributed by atoms with Crippen molar-refractivity contribution in [2.45, 2.75) is 43.4 Å². The zero-order chi connectivity index (χ0) is 17.4. The molecule has 0 unspecified atom stereocenters. The van der Waals surface area contributed by atoms with Gasteiger partial charge >= 0.3 is 0 Å². The highest BCUT2D eigenvalue weighted by Crippen LogP contribution is 2.31. The molecule has 2 fully saturated rings. The van der Waals surface area contributed by atoms with Gasteiger partial charge in [0.25, 0.3) is 0 Å². The van der Waals surface area contributed by atoms with Crippen molar-refractivity contribution >= 4 is 42.6 Å². The van der Waals surface area contributed by atoms with Crippen LogP contribution in [0.15, 0.2) is 23.1 Å². The maximum Gasteiger partial charge on any atom is 0.243 e. The molecule has 2 aromatic rings. The van der Waals surface area contributed by atoms with Gasteiger partial charge in [-0.15, -0.1) is 0 Å². The van der Waals surface area contributed by atoms with Gasteiger partial charge < -0.3 is 5.32 Å². The Morgan fingerprint density at radius 3 is 2.60 bits per heavy atom. The smallest absolute Gasteiger partial charge is 0.243 e. The molecule has 134 valence electrons. The van der Waals surface area contributed by atoms with E-state index >= 15 is 0 Å². The average Bonchev–Trinajstić information content (AvgIpc) is 3.33. The van der Waals surface area contributed by atoms with Crippen molar-refractivity contribution in [2.24, 2.45) is 5.92 Å². The summed E-state index contributed by atoms with van der Waals surface area (Å²) in [7, 11) is -3.43. The number of thiazole rings is 1. The SMILES string of the molecule is O=C(Nc1nc2ccc(S(=O)(=O)N3CCCC3)cc2s1)C1CCCC1. The molecular formula is C17H21N3O3S2. The number of carbonyl (C=O) groups is 1. The predicted octanol–water partition coefficient (Wildman–Crippen LogP) is 3.21. The highest BCUT2D eigenvalue weighted by Gasteiger charge is 2.28. The van der Waals surface area contributed by atoms with Crippen molar-refractivity contribution in [3.63, 3.8) is 0 Å². The van der Waals surface area contributed by atoms with Crippen LogP contribution in [0.25, 0.3) is 10.2 Å². The summed E-state index contributed by atoms with van der Waals surface area (Å²) in [6, 6.07) is 5.00. The zero-order valence-corrected chi connectivity index (χ0v) is 15.5. The van der Waals surface area contributed by atoms with Gasteiger partial charge in [0.1, 0.15) is 0 Å². The van der Waals surface area contributed by atoms with E-state index < -0.39 is 10.0 Å². The molecule has 1 aromatic heterocycles. The van der Waals surface area contributed by atoms with Crippen LogP contribution in [0.3, 0.4) is 0 Å². The molecule has 1 saturated carbocycles. The number of hydrogen-bond acceptors (Lipinski definition) is 5. The lowest BCUT2D eigenvalue weighted by atomic mass is 10.1. The molecule has 25 heavy (non-hydrogen) atoms. The molecule has 1 aromatic carbocycles. The van der Waals surface area contributed by atoms with Gasteiger partial charge in [-0.05, 0) is 43.9 Å². The van der Waals surface area contributed by atoms with Crippen LogP contribution in [0.2, 0.25) is 0 Å². The number of benzene rings is 1. The summed E-state index contributed by atoms with van der Waals surface area (Å²) in [6.45, 7) is 1.18. The summed E-state index contributed by atoms with van der Waals surface area (Å²) in [5.74, 6) is 0.111. The second-order valence-electron chi connectivity index (χ2n) is 6.73. The van der Waals surface area contributed by atoms with Crippen LogP contribution < -0.4 is 5.32 Å². The van der Waals surface area contributed by atoms with Crippen LogP contribution in [0, 0.1) is 5.92 Å². The fourth-order valence-corrected chi connectivity index (χ4v) is 6.12. The summed E-state index contributed by atoms with van der Waals surface area (Å²) in [5.41, 5.74) is 0.715. The van der Waals surface area contributed by atoms with Crippen molar-refractivity contribution in [2.75, 3.05) is 18.4 Å². The van der Waals surface area contributed by atoms with Gasteiger partial charge in [-0.3, -0.25) is 4.79 Å². The monoisotopic (exact) mass is 379 g/mol. The van der Waals surface area contributed by atoms with E-state index in [2.05, 4.69) is 10.3 Å². The van der Waals surface area contributed by atoms with Gasteiger partial charge in [-0.2, -0.15) is 4.31 Å². The molecule has 6 nitrogen and oxygen atoms in total. The normalized spacial score (nSPS) is 19.7. The molecule has 1 amide bonds. The molecule has 8 heteroatoms. The largest absolute Gasteiger partial charge is 0.302 e. The van der Waals surface area contributed by atoms with Crippen molar-refractivity contribution in [1.29, 1.82) is 0 Å². The number of aromatic nitrogens is 1. The number of fused-ring (bicyclic) bond motifs is 1. The minimum absolute atomic E-state index is 0.0291. The molecule has 0 bridgehead atoms. The molecule has 0 radical (unpaired) electrons. The Hall–Kier alpha value is -1.51. The van der Waals surface area contributed by atoms with E-state index in [-0.39, 0.29) is 11.8 Å². The van der Waals surface area contributed by atoms with Crippen molar-refractivity contribution in [3.8, 4) is 0 Å². The second-order valence-corrected chi connectivity index (χ2v) is 9.70. The van der Waals surface area contributed by atoms with E-state index in [1.54, 1.807) is 18.2 Å². The van der Waals surface area contributed by atoms with Crippen LogP contribution >= 0.6 is 11.3 Å². The Balaban J connectivity index is 1.58. The lowest BCUT2D eigenvalue weighted by Crippen LogP contribution is -2.27. The van der Waals surface area contributed by atoms with Gasteiger partial charge in [0.05, 0.1) is 15.1 Å². The van der Waals surface area contributed by atoms with E-state index in [4.69, 9.17) is 0 Å². The van der Waals surface area contributed by atoms with Crippen LogP contribution in [-0.4, -0.2) is 36.7 Å². The maximum atomic E-state index is 12.7. The van der Waals surface area contributed by atoms with Crippen molar-refractivity contribution in [3.05, 3.63) is 18.2 Å². The van der Waals surface area contributed by atoms with E-state index in [1.165, 1.54) is 15.6 Å². The Bertz CT molecular complexity index is 895. The van der Waals surface area contributed by atoms with E-state index in [9.17, 15) is 13.2 Å². The van der Waals surface area contributed by atoms with E-state index in [1.807, 2.05) is 0 Å². The Labute approximate surface area is 151 Å². The molecule has 1 aliphatic heterocycles. The van der Waals surface area contributed by atoms with Crippen molar-refractivity contribution < 1.29 is 13.2 Å². The fraction of sp³-hybridized carbons (Fsp3) is 0.529. The average molecular weight is 380 g/mol. The van der Waals surface area contributed by atoms with Crippen LogP contribution in [0.1, 0.15) is 38.5 Å². The number of hydrogen-bond donors (Lipinski definition) is 1. The first-order valence-electron chi connectivity index (χ1n) is 8.76. The predicted molar refractivity (Wildman–Crippen MR) is 98.2 cm³/mol. The number of nitrogens with one attached hydrogen (secondary N) is 1. The molecule has 0 spiro atoms. The molecule has 0 atom stereocenters. The lowest BCUT2D eigenvalue weighted by molar-refractivity contribution is -0.119.